The second kappa shape index (κ2) is 6.01. The number of amides is 1. The minimum Gasteiger partial charge on any atom is -0.397 e. The number of carbonyl (C=O) groups excluding carboxylic acids is 1. The minimum atomic E-state index is -0.134. The molecule has 0 unspecified atom stereocenters. The van der Waals surface area contributed by atoms with Gasteiger partial charge in [0, 0.05) is 23.8 Å². The first-order chi connectivity index (χ1) is 9.47. The van der Waals surface area contributed by atoms with Gasteiger partial charge in [0.1, 0.15) is 5.69 Å². The second-order valence-electron chi connectivity index (χ2n) is 4.97. The molecule has 0 spiro atoms. The molecule has 1 aromatic heterocycles. The molecule has 0 saturated heterocycles. The molecule has 2 aromatic rings. The van der Waals surface area contributed by atoms with Crippen molar-refractivity contribution in [2.24, 2.45) is 0 Å². The van der Waals surface area contributed by atoms with Crippen LogP contribution in [0, 0.1) is 0 Å². The van der Waals surface area contributed by atoms with Crippen molar-refractivity contribution in [1.82, 2.24) is 9.88 Å². The smallest absolute Gasteiger partial charge is 0.268 e. The highest BCUT2D eigenvalue weighted by atomic mass is 35.5. The maximum Gasteiger partial charge on any atom is 0.268 e. The third kappa shape index (κ3) is 3.33. The van der Waals surface area contributed by atoms with Crippen LogP contribution < -0.4 is 11.1 Å². The molecule has 1 heterocycles. The number of nitrogens with zero attached hydrogens (tertiary/aromatic N) is 1. The zero-order chi connectivity index (χ0) is 14.7. The number of halogens is 1. The predicted molar refractivity (Wildman–Crippen MR) is 81.9 cm³/mol. The van der Waals surface area contributed by atoms with Gasteiger partial charge in [0.25, 0.3) is 5.91 Å². The second-order valence-corrected chi connectivity index (χ2v) is 5.41. The van der Waals surface area contributed by atoms with E-state index in [4.69, 9.17) is 17.3 Å². The number of nitrogens with two attached hydrogens (primary N) is 1. The standard InChI is InChI=1S/C15H18ClN3O/c1-10(2)19-9-13(17)7-14(19)15(20)18-8-11-3-5-12(16)6-4-11/h3-7,9-10H,8,17H2,1-2H3,(H,18,20). The first-order valence-electron chi connectivity index (χ1n) is 6.47. The number of anilines is 1. The number of nitrogens with one attached hydrogen (secondary N) is 1. The van der Waals surface area contributed by atoms with E-state index in [2.05, 4.69) is 5.32 Å². The van der Waals surface area contributed by atoms with E-state index >= 15 is 0 Å². The van der Waals surface area contributed by atoms with Crippen LogP contribution in [-0.4, -0.2) is 10.5 Å². The van der Waals surface area contributed by atoms with Gasteiger partial charge in [-0.3, -0.25) is 4.79 Å². The molecule has 20 heavy (non-hydrogen) atoms. The van der Waals surface area contributed by atoms with E-state index in [1.54, 1.807) is 24.4 Å². The van der Waals surface area contributed by atoms with Crippen LogP contribution >= 0.6 is 11.6 Å². The summed E-state index contributed by atoms with van der Waals surface area (Å²) < 4.78 is 1.87. The summed E-state index contributed by atoms with van der Waals surface area (Å²) in [4.78, 5) is 12.2. The summed E-state index contributed by atoms with van der Waals surface area (Å²) in [6.07, 6.45) is 1.78. The van der Waals surface area contributed by atoms with Crippen molar-refractivity contribution < 1.29 is 4.79 Å². The summed E-state index contributed by atoms with van der Waals surface area (Å²) in [5.74, 6) is -0.134. The largest absolute Gasteiger partial charge is 0.397 e. The van der Waals surface area contributed by atoms with Gasteiger partial charge >= 0.3 is 0 Å². The molecule has 0 aliphatic carbocycles. The number of aromatic nitrogens is 1. The van der Waals surface area contributed by atoms with E-state index in [1.807, 2.05) is 30.5 Å². The Morgan fingerprint density at radius 1 is 1.35 bits per heavy atom. The summed E-state index contributed by atoms with van der Waals surface area (Å²) in [5, 5.41) is 3.57. The fourth-order valence-electron chi connectivity index (χ4n) is 1.99. The molecule has 0 atom stereocenters. The normalized spacial score (nSPS) is 10.8. The average Bonchev–Trinajstić information content (AvgIpc) is 2.80. The average molecular weight is 292 g/mol. The molecule has 0 radical (unpaired) electrons. The van der Waals surface area contributed by atoms with Crippen LogP contribution in [0.3, 0.4) is 0 Å². The Morgan fingerprint density at radius 2 is 2.00 bits per heavy atom. The molecular weight excluding hydrogens is 274 g/mol. The molecule has 0 saturated carbocycles. The SMILES string of the molecule is CC(C)n1cc(N)cc1C(=O)NCc1ccc(Cl)cc1. The van der Waals surface area contributed by atoms with E-state index in [-0.39, 0.29) is 11.9 Å². The molecule has 106 valence electrons. The Bertz CT molecular complexity index is 602. The number of hydrogen-bond acceptors (Lipinski definition) is 2. The number of carbonyl (C=O) groups is 1. The zero-order valence-corrected chi connectivity index (χ0v) is 12.3. The van der Waals surface area contributed by atoms with Gasteiger partial charge in [-0.25, -0.2) is 0 Å². The van der Waals surface area contributed by atoms with E-state index in [0.29, 0.717) is 22.9 Å². The van der Waals surface area contributed by atoms with Crippen molar-refractivity contribution in [3.8, 4) is 0 Å². The lowest BCUT2D eigenvalue weighted by Gasteiger charge is -2.12. The third-order valence-electron chi connectivity index (χ3n) is 3.03. The van der Waals surface area contributed by atoms with Crippen LogP contribution in [0.5, 0.6) is 0 Å². The molecule has 0 aliphatic heterocycles. The summed E-state index contributed by atoms with van der Waals surface area (Å²) >= 11 is 5.82. The van der Waals surface area contributed by atoms with Crippen LogP contribution in [0.25, 0.3) is 0 Å². The zero-order valence-electron chi connectivity index (χ0n) is 11.6. The summed E-state index contributed by atoms with van der Waals surface area (Å²) in [6, 6.07) is 9.26. The van der Waals surface area contributed by atoms with E-state index in [1.165, 1.54) is 0 Å². The van der Waals surface area contributed by atoms with Gasteiger partial charge in [-0.15, -0.1) is 0 Å². The fourth-order valence-corrected chi connectivity index (χ4v) is 2.11. The van der Waals surface area contributed by atoms with Gasteiger partial charge < -0.3 is 15.6 Å². The van der Waals surface area contributed by atoms with Crippen molar-refractivity contribution in [3.63, 3.8) is 0 Å². The molecule has 0 aliphatic rings. The van der Waals surface area contributed by atoms with E-state index in [0.717, 1.165) is 5.56 Å². The molecule has 1 aromatic carbocycles. The Kier molecular flexibility index (Phi) is 4.35. The van der Waals surface area contributed by atoms with Gasteiger partial charge in [0.15, 0.2) is 0 Å². The number of benzene rings is 1. The Labute approximate surface area is 123 Å². The highest BCUT2D eigenvalue weighted by Crippen LogP contribution is 2.16. The minimum absolute atomic E-state index is 0.134. The van der Waals surface area contributed by atoms with E-state index in [9.17, 15) is 4.79 Å². The van der Waals surface area contributed by atoms with Crippen molar-refractivity contribution in [2.45, 2.75) is 26.4 Å². The topological polar surface area (TPSA) is 60.0 Å². The number of rotatable bonds is 4. The Hall–Kier alpha value is -1.94. The van der Waals surface area contributed by atoms with Gasteiger partial charge in [-0.05, 0) is 37.6 Å². The maximum atomic E-state index is 12.2. The van der Waals surface area contributed by atoms with Crippen molar-refractivity contribution >= 4 is 23.2 Å². The first-order valence-corrected chi connectivity index (χ1v) is 6.85. The van der Waals surface area contributed by atoms with Gasteiger partial charge in [0.2, 0.25) is 0 Å². The molecule has 4 nitrogen and oxygen atoms in total. The molecule has 2 rings (SSSR count). The molecule has 0 fully saturated rings. The quantitative estimate of drug-likeness (QED) is 0.908. The molecule has 0 bridgehead atoms. The Morgan fingerprint density at radius 3 is 2.60 bits per heavy atom. The van der Waals surface area contributed by atoms with Gasteiger partial charge in [-0.1, -0.05) is 23.7 Å². The highest BCUT2D eigenvalue weighted by molar-refractivity contribution is 6.30. The van der Waals surface area contributed by atoms with Crippen LogP contribution in [0.1, 0.15) is 35.9 Å². The molecule has 1 amide bonds. The summed E-state index contributed by atoms with van der Waals surface area (Å²) in [6.45, 7) is 4.48. The van der Waals surface area contributed by atoms with Crippen LogP contribution in [0.2, 0.25) is 5.02 Å². The van der Waals surface area contributed by atoms with Crippen LogP contribution in [0.4, 0.5) is 5.69 Å². The lowest BCUT2D eigenvalue weighted by Crippen LogP contribution is -2.25. The third-order valence-corrected chi connectivity index (χ3v) is 3.28. The molecular formula is C15H18ClN3O. The van der Waals surface area contributed by atoms with Gasteiger partial charge in [0.05, 0.1) is 5.69 Å². The van der Waals surface area contributed by atoms with Crippen molar-refractivity contribution in [1.29, 1.82) is 0 Å². The lowest BCUT2D eigenvalue weighted by molar-refractivity contribution is 0.0940. The first kappa shape index (κ1) is 14.5. The predicted octanol–water partition coefficient (Wildman–Crippen LogP) is 3.23. The molecule has 3 N–H and O–H groups in total. The van der Waals surface area contributed by atoms with E-state index < -0.39 is 0 Å². The van der Waals surface area contributed by atoms with Crippen molar-refractivity contribution in [2.75, 3.05) is 5.73 Å². The number of nitrogen functional groups attached to an aromatic ring is 1. The monoisotopic (exact) mass is 291 g/mol. The summed E-state index contributed by atoms with van der Waals surface area (Å²) in [7, 11) is 0. The summed E-state index contributed by atoms with van der Waals surface area (Å²) in [5.41, 5.74) is 7.93. The maximum absolute atomic E-state index is 12.2. The fraction of sp³-hybridized carbons (Fsp3) is 0.267. The highest BCUT2D eigenvalue weighted by Gasteiger charge is 2.14. The van der Waals surface area contributed by atoms with Crippen LogP contribution in [-0.2, 0) is 6.54 Å². The van der Waals surface area contributed by atoms with Crippen LogP contribution in [0.15, 0.2) is 36.5 Å². The van der Waals surface area contributed by atoms with Crippen molar-refractivity contribution in [3.05, 3.63) is 52.8 Å². The van der Waals surface area contributed by atoms with Gasteiger partial charge in [-0.2, -0.15) is 0 Å². The number of hydrogen-bond donors (Lipinski definition) is 2. The Balaban J connectivity index is 2.07. The molecule has 5 heteroatoms. The lowest BCUT2D eigenvalue weighted by atomic mass is 10.2.